The molecule has 5 aromatic rings. The Morgan fingerprint density at radius 1 is 0.707 bits per heavy atom. The number of halogens is 2. The van der Waals surface area contributed by atoms with Gasteiger partial charge in [-0.25, -0.2) is 18.7 Å². The van der Waals surface area contributed by atoms with Gasteiger partial charge in [0.1, 0.15) is 24.2 Å². The molecule has 4 heterocycles. The molecule has 2 N–H and O–H groups in total. The number of rotatable bonds is 6. The summed E-state index contributed by atoms with van der Waals surface area (Å²) in [4.78, 5) is 13.0. The molecule has 0 bridgehead atoms. The van der Waals surface area contributed by atoms with E-state index in [-0.39, 0.29) is 11.6 Å². The summed E-state index contributed by atoms with van der Waals surface area (Å²) in [5.74, 6) is 1.13. The number of benzene rings is 3. The van der Waals surface area contributed by atoms with Gasteiger partial charge in [-0.05, 0) is 36.4 Å². The molecule has 0 unspecified atom stereocenters. The van der Waals surface area contributed by atoms with Crippen LogP contribution in [0.3, 0.4) is 0 Å². The number of hydrogen-bond donors (Lipinski definition) is 1. The summed E-state index contributed by atoms with van der Waals surface area (Å²) in [6, 6.07) is 16.2. The zero-order chi connectivity index (χ0) is 28.2. The summed E-state index contributed by atoms with van der Waals surface area (Å²) in [5, 5.41) is 0. The molecule has 41 heavy (non-hydrogen) atoms. The molecular weight excluding hydrogens is 528 g/mol. The van der Waals surface area contributed by atoms with Crippen LogP contribution in [0, 0.1) is 11.6 Å². The van der Waals surface area contributed by atoms with Gasteiger partial charge in [0.05, 0.1) is 23.7 Å². The van der Waals surface area contributed by atoms with Crippen LogP contribution in [0.1, 0.15) is 0 Å². The van der Waals surface area contributed by atoms with Crippen molar-refractivity contribution >= 4 is 27.8 Å². The van der Waals surface area contributed by atoms with Gasteiger partial charge in [-0.3, -0.25) is 4.90 Å². The number of anilines is 1. The van der Waals surface area contributed by atoms with Crippen molar-refractivity contribution in [3.05, 3.63) is 78.9 Å². The van der Waals surface area contributed by atoms with Crippen LogP contribution in [0.5, 0.6) is 11.5 Å². The molecule has 0 spiro atoms. The average Bonchev–Trinajstić information content (AvgIpc) is 3.62. The van der Waals surface area contributed by atoms with Gasteiger partial charge >= 0.3 is 0 Å². The van der Waals surface area contributed by atoms with Crippen molar-refractivity contribution < 1.29 is 18.3 Å². The number of aromatic nitrogens is 4. The molecule has 0 saturated carbocycles. The van der Waals surface area contributed by atoms with Crippen molar-refractivity contribution in [2.24, 2.45) is 5.73 Å². The lowest BCUT2D eigenvalue weighted by Gasteiger charge is -2.36. The monoisotopic (exact) mass is 561 g/mol. The molecule has 2 aliphatic heterocycles. The third kappa shape index (κ3) is 5.82. The van der Waals surface area contributed by atoms with E-state index in [1.165, 1.54) is 17.8 Å². The molecule has 2 aliphatic rings. The van der Waals surface area contributed by atoms with Gasteiger partial charge in [-0.15, -0.1) is 0 Å². The quantitative estimate of drug-likeness (QED) is 0.337. The van der Waals surface area contributed by atoms with Crippen molar-refractivity contribution in [3.63, 3.8) is 0 Å². The first-order valence-corrected chi connectivity index (χ1v) is 13.9. The number of piperazine rings is 1. The SMILES string of the molecule is Fc1cccc2c1ncn2CCN1CCN(c2ccc3c(c2)OCCO3)CC1.NCCn1cnc2c(F)cccc21. The summed E-state index contributed by atoms with van der Waals surface area (Å²) >= 11 is 0. The Hall–Kier alpha value is -4.22. The third-order valence-electron chi connectivity index (χ3n) is 7.49. The number of para-hydroxylation sites is 2. The smallest absolute Gasteiger partial charge is 0.163 e. The lowest BCUT2D eigenvalue weighted by Crippen LogP contribution is -2.47. The molecule has 214 valence electrons. The fourth-order valence-electron chi connectivity index (χ4n) is 5.31. The fourth-order valence-corrected chi connectivity index (χ4v) is 5.31. The Balaban J connectivity index is 0.000000195. The first kappa shape index (κ1) is 27.0. The number of fused-ring (bicyclic) bond motifs is 3. The van der Waals surface area contributed by atoms with Crippen molar-refractivity contribution in [2.45, 2.75) is 13.1 Å². The summed E-state index contributed by atoms with van der Waals surface area (Å²) in [5.41, 5.74) is 9.10. The Labute approximate surface area is 236 Å². The van der Waals surface area contributed by atoms with Gasteiger partial charge < -0.3 is 29.2 Å². The molecule has 3 aromatic carbocycles. The maximum Gasteiger partial charge on any atom is 0.163 e. The molecule has 0 aliphatic carbocycles. The second-order valence-electron chi connectivity index (χ2n) is 10.0. The van der Waals surface area contributed by atoms with Crippen molar-refractivity contribution in [1.82, 2.24) is 24.0 Å². The Kier molecular flexibility index (Phi) is 7.97. The van der Waals surface area contributed by atoms with Gasteiger partial charge in [0.2, 0.25) is 0 Å². The van der Waals surface area contributed by atoms with E-state index in [2.05, 4.69) is 31.9 Å². The summed E-state index contributed by atoms with van der Waals surface area (Å²) in [7, 11) is 0. The van der Waals surface area contributed by atoms with Crippen LogP contribution in [0.4, 0.5) is 14.5 Å². The van der Waals surface area contributed by atoms with Crippen LogP contribution in [0.2, 0.25) is 0 Å². The minimum absolute atomic E-state index is 0.260. The van der Waals surface area contributed by atoms with E-state index in [4.69, 9.17) is 15.2 Å². The van der Waals surface area contributed by atoms with E-state index in [1.807, 2.05) is 27.3 Å². The molecule has 2 aromatic heterocycles. The highest BCUT2D eigenvalue weighted by Crippen LogP contribution is 2.34. The maximum atomic E-state index is 13.8. The topological polar surface area (TPSA) is 86.6 Å². The van der Waals surface area contributed by atoms with E-state index in [0.29, 0.717) is 37.3 Å². The standard InChI is InChI=1S/C21H23FN4O2.C9H10FN3/c22-17-2-1-3-18-21(17)23-15-26(18)11-8-24-6-9-25(10-7-24)16-4-5-19-20(14-16)28-13-12-27-19;10-7-2-1-3-8-9(7)12-6-13(8)5-4-11/h1-5,14-15H,6-13H2;1-3,6H,4-5,11H2. The highest BCUT2D eigenvalue weighted by atomic mass is 19.1. The maximum absolute atomic E-state index is 13.8. The molecule has 7 rings (SSSR count). The second kappa shape index (κ2) is 12.1. The van der Waals surface area contributed by atoms with Gasteiger partial charge in [-0.2, -0.15) is 0 Å². The number of imidazole rings is 2. The molecule has 0 atom stereocenters. The van der Waals surface area contributed by atoms with Crippen LogP contribution in [0.25, 0.3) is 22.1 Å². The van der Waals surface area contributed by atoms with E-state index in [0.717, 1.165) is 61.8 Å². The van der Waals surface area contributed by atoms with Crippen molar-refractivity contribution in [1.29, 1.82) is 0 Å². The summed E-state index contributed by atoms with van der Waals surface area (Å²) in [6.07, 6.45) is 3.35. The van der Waals surface area contributed by atoms with Crippen LogP contribution in [0.15, 0.2) is 67.3 Å². The zero-order valence-corrected chi connectivity index (χ0v) is 22.8. The van der Waals surface area contributed by atoms with Crippen molar-refractivity contribution in [3.8, 4) is 11.5 Å². The highest BCUT2D eigenvalue weighted by Gasteiger charge is 2.20. The molecule has 1 saturated heterocycles. The largest absolute Gasteiger partial charge is 0.486 e. The number of ether oxygens (including phenoxy) is 2. The molecule has 0 amide bonds. The molecule has 0 radical (unpaired) electrons. The van der Waals surface area contributed by atoms with E-state index in [1.54, 1.807) is 24.8 Å². The minimum atomic E-state index is -0.284. The van der Waals surface area contributed by atoms with Gasteiger partial charge in [-0.1, -0.05) is 12.1 Å². The molecule has 9 nitrogen and oxygen atoms in total. The minimum Gasteiger partial charge on any atom is -0.486 e. The third-order valence-corrected chi connectivity index (χ3v) is 7.49. The molecule has 1 fully saturated rings. The Morgan fingerprint density at radius 2 is 1.32 bits per heavy atom. The van der Waals surface area contributed by atoms with E-state index < -0.39 is 0 Å². The van der Waals surface area contributed by atoms with Crippen LogP contribution >= 0.6 is 0 Å². The lowest BCUT2D eigenvalue weighted by molar-refractivity contribution is 0.171. The second-order valence-corrected chi connectivity index (χ2v) is 10.0. The Bertz CT molecular complexity index is 1630. The van der Waals surface area contributed by atoms with Crippen LogP contribution in [-0.2, 0) is 13.1 Å². The predicted molar refractivity (Wildman–Crippen MR) is 155 cm³/mol. The highest BCUT2D eigenvalue weighted by molar-refractivity contribution is 5.76. The average molecular weight is 562 g/mol. The van der Waals surface area contributed by atoms with Gasteiger partial charge in [0.25, 0.3) is 0 Å². The molecule has 11 heteroatoms. The summed E-state index contributed by atoms with van der Waals surface area (Å²) < 4.78 is 42.1. The fraction of sp³-hybridized carbons (Fsp3) is 0.333. The number of nitrogens with zero attached hydrogens (tertiary/aromatic N) is 6. The normalized spacial score (nSPS) is 15.2. The van der Waals surface area contributed by atoms with Crippen LogP contribution < -0.4 is 20.1 Å². The van der Waals surface area contributed by atoms with E-state index in [9.17, 15) is 8.78 Å². The summed E-state index contributed by atoms with van der Waals surface area (Å²) in [6.45, 7) is 8.09. The molecular formula is C30H33F2N7O2. The van der Waals surface area contributed by atoms with E-state index >= 15 is 0 Å². The van der Waals surface area contributed by atoms with Crippen LogP contribution in [-0.4, -0.2) is 76.5 Å². The lowest BCUT2D eigenvalue weighted by atomic mass is 10.2. The Morgan fingerprint density at radius 3 is 1.95 bits per heavy atom. The number of nitrogens with two attached hydrogens (primary N) is 1. The van der Waals surface area contributed by atoms with Gasteiger partial charge in [0.15, 0.2) is 23.1 Å². The predicted octanol–water partition coefficient (Wildman–Crippen LogP) is 3.90. The first-order valence-electron chi connectivity index (χ1n) is 13.9. The van der Waals surface area contributed by atoms with Crippen molar-refractivity contribution in [2.75, 3.05) is 57.4 Å². The van der Waals surface area contributed by atoms with Gasteiger partial charge in [0, 0.05) is 64.1 Å². The first-order chi connectivity index (χ1) is 20.1. The zero-order valence-electron chi connectivity index (χ0n) is 22.8. The number of hydrogen-bond acceptors (Lipinski definition) is 7.